The molecule has 5 aromatic rings. The van der Waals surface area contributed by atoms with Crippen LogP contribution in [0, 0.1) is 13.8 Å². The van der Waals surface area contributed by atoms with E-state index in [0.717, 1.165) is 69.3 Å². The molecule has 1 aliphatic rings. The predicted molar refractivity (Wildman–Crippen MR) is 149 cm³/mol. The Hall–Kier alpha value is -4.30. The van der Waals surface area contributed by atoms with Crippen LogP contribution >= 0.6 is 0 Å². The molecule has 1 N–H and O–H groups in total. The number of ether oxygens (including phenoxy) is 1. The Morgan fingerprint density at radius 3 is 2.53 bits per heavy atom. The van der Waals surface area contributed by atoms with Crippen LogP contribution in [0.1, 0.15) is 29.9 Å². The van der Waals surface area contributed by atoms with Crippen molar-refractivity contribution in [1.29, 1.82) is 0 Å². The summed E-state index contributed by atoms with van der Waals surface area (Å²) in [6.07, 6.45) is 5.58. The molecule has 192 valence electrons. The molecule has 6 rings (SSSR count). The van der Waals surface area contributed by atoms with E-state index in [9.17, 15) is 0 Å². The maximum Gasteiger partial charge on any atom is 0.225 e. The van der Waals surface area contributed by atoms with Crippen molar-refractivity contribution in [2.45, 2.75) is 26.8 Å². The van der Waals surface area contributed by atoms with E-state index in [2.05, 4.69) is 62.4 Å². The van der Waals surface area contributed by atoms with Crippen LogP contribution in [0.25, 0.3) is 33.4 Å². The van der Waals surface area contributed by atoms with Gasteiger partial charge in [0.05, 0.1) is 25.2 Å². The van der Waals surface area contributed by atoms with Crippen molar-refractivity contribution in [3.05, 3.63) is 84.1 Å². The van der Waals surface area contributed by atoms with E-state index < -0.39 is 0 Å². The molecule has 4 heterocycles. The summed E-state index contributed by atoms with van der Waals surface area (Å²) in [6, 6.07) is 16.6. The molecule has 0 unspecified atom stereocenters. The normalized spacial score (nSPS) is 14.6. The molecular formula is C30H30N6O2. The molecule has 3 aromatic heterocycles. The standard InChI is InChI=1S/C30H30N6O2/c1-19-18-38-28-8-7-24(14-26(19)28)27-15-29(35-21(3)34-27)33-20(2)22-5-4-6-23(13-22)25-16-31-30(32-17-25)36-9-11-37-12-10-36/h4-8,13-18,20H,9-12H2,1-3H3,(H,33,34,35)/t20-/m0/s1. The summed E-state index contributed by atoms with van der Waals surface area (Å²) in [6.45, 7) is 9.17. The molecular weight excluding hydrogens is 476 g/mol. The van der Waals surface area contributed by atoms with Crippen LogP contribution < -0.4 is 10.2 Å². The number of aromatic nitrogens is 4. The lowest BCUT2D eigenvalue weighted by molar-refractivity contribution is 0.122. The lowest BCUT2D eigenvalue weighted by Gasteiger charge is -2.26. The van der Waals surface area contributed by atoms with Crippen LogP contribution in [-0.2, 0) is 4.74 Å². The van der Waals surface area contributed by atoms with Gasteiger partial charge in [0.15, 0.2) is 0 Å². The molecule has 1 fully saturated rings. The van der Waals surface area contributed by atoms with E-state index in [-0.39, 0.29) is 6.04 Å². The van der Waals surface area contributed by atoms with Gasteiger partial charge in [0, 0.05) is 54.1 Å². The topological polar surface area (TPSA) is 89.2 Å². The first-order valence-corrected chi connectivity index (χ1v) is 12.9. The van der Waals surface area contributed by atoms with E-state index in [1.165, 1.54) is 0 Å². The average Bonchev–Trinajstić information content (AvgIpc) is 3.33. The van der Waals surface area contributed by atoms with Crippen LogP contribution in [0.2, 0.25) is 0 Å². The van der Waals surface area contributed by atoms with Gasteiger partial charge >= 0.3 is 0 Å². The highest BCUT2D eigenvalue weighted by atomic mass is 16.5. The first kappa shape index (κ1) is 24.1. The van der Waals surface area contributed by atoms with Gasteiger partial charge in [-0.15, -0.1) is 0 Å². The quantitative estimate of drug-likeness (QED) is 0.301. The van der Waals surface area contributed by atoms with Crippen molar-refractivity contribution in [2.24, 2.45) is 0 Å². The first-order valence-electron chi connectivity index (χ1n) is 12.9. The van der Waals surface area contributed by atoms with Gasteiger partial charge in [-0.05, 0) is 61.7 Å². The molecule has 1 saturated heterocycles. The van der Waals surface area contributed by atoms with Gasteiger partial charge in [0.1, 0.15) is 17.2 Å². The Morgan fingerprint density at radius 2 is 1.71 bits per heavy atom. The molecule has 0 aliphatic carbocycles. The van der Waals surface area contributed by atoms with Gasteiger partial charge < -0.3 is 19.4 Å². The molecule has 0 bridgehead atoms. The fraction of sp³-hybridized carbons (Fsp3) is 0.267. The van der Waals surface area contributed by atoms with E-state index in [1.807, 2.05) is 44.4 Å². The smallest absolute Gasteiger partial charge is 0.225 e. The SMILES string of the molecule is Cc1nc(N[C@@H](C)c2cccc(-c3cnc(N4CCOCC4)nc3)c2)cc(-c2ccc3occ(C)c3c2)n1. The van der Waals surface area contributed by atoms with Crippen molar-refractivity contribution < 1.29 is 9.15 Å². The van der Waals surface area contributed by atoms with Crippen molar-refractivity contribution in [3.8, 4) is 22.4 Å². The molecule has 8 heteroatoms. The zero-order chi connectivity index (χ0) is 26.1. The third-order valence-electron chi connectivity index (χ3n) is 6.92. The molecule has 38 heavy (non-hydrogen) atoms. The number of morpholine rings is 1. The van der Waals surface area contributed by atoms with Crippen molar-refractivity contribution in [2.75, 3.05) is 36.5 Å². The van der Waals surface area contributed by atoms with Crippen molar-refractivity contribution >= 4 is 22.7 Å². The summed E-state index contributed by atoms with van der Waals surface area (Å²) >= 11 is 0. The zero-order valence-electron chi connectivity index (χ0n) is 21.8. The number of aryl methyl sites for hydroxylation is 2. The maximum atomic E-state index is 5.60. The number of hydrogen-bond acceptors (Lipinski definition) is 8. The lowest BCUT2D eigenvalue weighted by atomic mass is 10.0. The van der Waals surface area contributed by atoms with Gasteiger partial charge in [-0.2, -0.15) is 0 Å². The number of furan rings is 1. The predicted octanol–water partition coefficient (Wildman–Crippen LogP) is 5.97. The monoisotopic (exact) mass is 506 g/mol. The third-order valence-corrected chi connectivity index (χ3v) is 6.92. The van der Waals surface area contributed by atoms with Crippen LogP contribution in [0.3, 0.4) is 0 Å². The average molecular weight is 507 g/mol. The Bertz CT molecular complexity index is 1570. The molecule has 0 amide bonds. The minimum atomic E-state index is 0.0317. The van der Waals surface area contributed by atoms with E-state index in [4.69, 9.17) is 14.1 Å². The van der Waals surface area contributed by atoms with E-state index in [0.29, 0.717) is 19.0 Å². The largest absolute Gasteiger partial charge is 0.464 e. The number of rotatable bonds is 6. The highest BCUT2D eigenvalue weighted by Crippen LogP contribution is 2.29. The number of nitrogens with zero attached hydrogens (tertiary/aromatic N) is 5. The minimum Gasteiger partial charge on any atom is -0.464 e. The van der Waals surface area contributed by atoms with Crippen LogP contribution in [0.5, 0.6) is 0 Å². The molecule has 8 nitrogen and oxygen atoms in total. The summed E-state index contributed by atoms with van der Waals surface area (Å²) in [5, 5.41) is 4.66. The number of benzene rings is 2. The van der Waals surface area contributed by atoms with Gasteiger partial charge in [-0.3, -0.25) is 0 Å². The Kier molecular flexibility index (Phi) is 6.47. The molecule has 0 spiro atoms. The van der Waals surface area contributed by atoms with Crippen LogP contribution in [0.4, 0.5) is 11.8 Å². The molecule has 1 aliphatic heterocycles. The van der Waals surface area contributed by atoms with Crippen molar-refractivity contribution in [3.63, 3.8) is 0 Å². The zero-order valence-corrected chi connectivity index (χ0v) is 21.8. The molecule has 0 radical (unpaired) electrons. The van der Waals surface area contributed by atoms with Crippen molar-refractivity contribution in [1.82, 2.24) is 19.9 Å². The second kappa shape index (κ2) is 10.2. The fourth-order valence-corrected chi connectivity index (χ4v) is 4.79. The highest BCUT2D eigenvalue weighted by Gasteiger charge is 2.15. The Balaban J connectivity index is 1.21. The highest BCUT2D eigenvalue weighted by molar-refractivity contribution is 5.85. The van der Waals surface area contributed by atoms with Gasteiger partial charge in [-0.25, -0.2) is 19.9 Å². The maximum absolute atomic E-state index is 5.60. The van der Waals surface area contributed by atoms with E-state index >= 15 is 0 Å². The number of fused-ring (bicyclic) bond motifs is 1. The van der Waals surface area contributed by atoms with E-state index in [1.54, 1.807) is 6.26 Å². The fourth-order valence-electron chi connectivity index (χ4n) is 4.79. The number of hydrogen-bond donors (Lipinski definition) is 1. The third kappa shape index (κ3) is 4.95. The summed E-state index contributed by atoms with van der Waals surface area (Å²) < 4.78 is 11.0. The second-order valence-corrected chi connectivity index (χ2v) is 9.68. The summed E-state index contributed by atoms with van der Waals surface area (Å²) in [4.78, 5) is 20.7. The first-order chi connectivity index (χ1) is 18.5. The van der Waals surface area contributed by atoms with Gasteiger partial charge in [0.2, 0.25) is 5.95 Å². The Labute approximate surface area is 221 Å². The second-order valence-electron chi connectivity index (χ2n) is 9.68. The number of nitrogens with one attached hydrogen (secondary N) is 1. The van der Waals surface area contributed by atoms with Gasteiger partial charge in [0.25, 0.3) is 0 Å². The number of anilines is 2. The minimum absolute atomic E-state index is 0.0317. The molecule has 0 saturated carbocycles. The summed E-state index contributed by atoms with van der Waals surface area (Å²) in [7, 11) is 0. The van der Waals surface area contributed by atoms with Gasteiger partial charge in [-0.1, -0.05) is 18.2 Å². The Morgan fingerprint density at radius 1 is 0.895 bits per heavy atom. The summed E-state index contributed by atoms with van der Waals surface area (Å²) in [5.74, 6) is 2.25. The summed E-state index contributed by atoms with van der Waals surface area (Å²) in [5.41, 5.74) is 7.11. The molecule has 2 aromatic carbocycles. The lowest BCUT2D eigenvalue weighted by Crippen LogP contribution is -2.37. The molecule has 1 atom stereocenters. The van der Waals surface area contributed by atoms with Crippen LogP contribution in [-0.4, -0.2) is 46.2 Å². The van der Waals surface area contributed by atoms with Crippen LogP contribution in [0.15, 0.2) is 71.6 Å².